The molecule has 0 radical (unpaired) electrons. The highest BCUT2D eigenvalue weighted by Gasteiger charge is 2.36. The Kier molecular flexibility index (Phi) is 6.60. The third-order valence-corrected chi connectivity index (χ3v) is 5.32. The Morgan fingerprint density at radius 3 is 2.72 bits per heavy atom. The molecule has 9 nitrogen and oxygen atoms in total. The number of hydrogen-bond donors (Lipinski definition) is 2. The molecule has 0 saturated carbocycles. The maximum Gasteiger partial charge on any atom is 0.407 e. The topological polar surface area (TPSA) is 100 Å². The molecule has 0 aromatic heterocycles. The Bertz CT molecular complexity index is 674. The second-order valence-corrected chi connectivity index (χ2v) is 9.05. The molecule has 3 aliphatic rings. The number of likely N-dealkylation sites (tertiary alicyclic amines) is 1. The van der Waals surface area contributed by atoms with Gasteiger partial charge in [0.2, 0.25) is 11.8 Å². The average molecular weight is 408 g/mol. The summed E-state index contributed by atoms with van der Waals surface area (Å²) < 4.78 is 11.4. The van der Waals surface area contributed by atoms with Gasteiger partial charge < -0.3 is 14.8 Å². The van der Waals surface area contributed by atoms with Gasteiger partial charge in [-0.2, -0.15) is 0 Å². The molecule has 0 aliphatic carbocycles. The monoisotopic (exact) mass is 408 g/mol. The molecule has 0 aromatic carbocycles. The second-order valence-electron chi connectivity index (χ2n) is 9.05. The SMILES string of the molecule is C=C1CC(N2CC[C@@H](NC(=O)OC(C)(C)C)C2)OCN(C2CCC(=O)NC2=O)C1. The fourth-order valence-electron chi connectivity index (χ4n) is 3.99. The number of nitrogens with one attached hydrogen (secondary N) is 2. The van der Waals surface area contributed by atoms with Crippen LogP contribution in [-0.4, -0.2) is 78.0 Å². The van der Waals surface area contributed by atoms with Crippen molar-refractivity contribution in [3.8, 4) is 0 Å². The van der Waals surface area contributed by atoms with Gasteiger partial charge in [0.25, 0.3) is 0 Å². The van der Waals surface area contributed by atoms with E-state index in [1.165, 1.54) is 0 Å². The Morgan fingerprint density at radius 2 is 2.03 bits per heavy atom. The number of amides is 3. The van der Waals surface area contributed by atoms with Gasteiger partial charge in [-0.1, -0.05) is 12.2 Å². The molecule has 3 amide bonds. The van der Waals surface area contributed by atoms with Crippen molar-refractivity contribution in [2.24, 2.45) is 0 Å². The van der Waals surface area contributed by atoms with Crippen LogP contribution in [0.2, 0.25) is 0 Å². The van der Waals surface area contributed by atoms with Crippen LogP contribution in [0, 0.1) is 0 Å². The summed E-state index contributed by atoms with van der Waals surface area (Å²) in [5, 5.41) is 5.33. The molecule has 2 unspecified atom stereocenters. The van der Waals surface area contributed by atoms with Crippen LogP contribution >= 0.6 is 0 Å². The number of alkyl carbamates (subject to hydrolysis) is 1. The third kappa shape index (κ3) is 6.01. The lowest BCUT2D eigenvalue weighted by Gasteiger charge is -2.32. The average Bonchev–Trinajstić information content (AvgIpc) is 2.95. The van der Waals surface area contributed by atoms with Gasteiger partial charge in [0, 0.05) is 38.5 Å². The number of ether oxygens (including phenoxy) is 2. The largest absolute Gasteiger partial charge is 0.444 e. The Balaban J connectivity index is 1.52. The van der Waals surface area contributed by atoms with E-state index < -0.39 is 11.7 Å². The lowest BCUT2D eigenvalue weighted by atomic mass is 10.0. The number of carbonyl (C=O) groups excluding carboxylic acids is 3. The van der Waals surface area contributed by atoms with E-state index in [0.29, 0.717) is 39.1 Å². The Morgan fingerprint density at radius 1 is 1.28 bits per heavy atom. The molecule has 0 spiro atoms. The summed E-state index contributed by atoms with van der Waals surface area (Å²) in [7, 11) is 0. The fraction of sp³-hybridized carbons (Fsp3) is 0.750. The minimum Gasteiger partial charge on any atom is -0.444 e. The smallest absolute Gasteiger partial charge is 0.407 e. The first-order valence-corrected chi connectivity index (χ1v) is 10.2. The minimum absolute atomic E-state index is 0.0104. The zero-order valence-electron chi connectivity index (χ0n) is 17.5. The van der Waals surface area contributed by atoms with E-state index in [1.54, 1.807) is 0 Å². The Labute approximate surface area is 171 Å². The standard InChI is InChI=1S/C20H32N4O5/c1-13-9-17(23-8-7-14(11-23)21-19(27)29-20(2,3)4)28-12-24(10-13)15-5-6-16(25)22-18(15)26/h14-15,17H,1,5-12H2,2-4H3,(H,21,27)(H,22,25,26)/t14-,15?,17?/m1/s1. The Hall–Kier alpha value is -1.97. The van der Waals surface area contributed by atoms with Crippen molar-refractivity contribution in [3.05, 3.63) is 12.2 Å². The van der Waals surface area contributed by atoms with Crippen molar-refractivity contribution in [2.75, 3.05) is 26.4 Å². The van der Waals surface area contributed by atoms with Crippen LogP contribution in [0.15, 0.2) is 12.2 Å². The molecule has 162 valence electrons. The van der Waals surface area contributed by atoms with Gasteiger partial charge in [-0.3, -0.25) is 24.7 Å². The van der Waals surface area contributed by atoms with E-state index in [2.05, 4.69) is 22.1 Å². The van der Waals surface area contributed by atoms with Crippen LogP contribution in [0.4, 0.5) is 4.79 Å². The molecule has 3 saturated heterocycles. The van der Waals surface area contributed by atoms with Gasteiger partial charge in [-0.05, 0) is 33.6 Å². The van der Waals surface area contributed by atoms with Crippen molar-refractivity contribution in [3.63, 3.8) is 0 Å². The molecule has 9 heteroatoms. The van der Waals surface area contributed by atoms with E-state index in [4.69, 9.17) is 9.47 Å². The zero-order chi connectivity index (χ0) is 21.2. The molecular weight excluding hydrogens is 376 g/mol. The van der Waals surface area contributed by atoms with E-state index in [-0.39, 0.29) is 30.1 Å². The van der Waals surface area contributed by atoms with Gasteiger partial charge in [0.05, 0.1) is 6.04 Å². The van der Waals surface area contributed by atoms with Crippen LogP contribution in [0.1, 0.15) is 46.5 Å². The molecule has 0 bridgehead atoms. The molecule has 3 atom stereocenters. The molecule has 2 N–H and O–H groups in total. The van der Waals surface area contributed by atoms with Crippen molar-refractivity contribution >= 4 is 17.9 Å². The number of carbonyl (C=O) groups is 3. The number of imide groups is 1. The highest BCUT2D eigenvalue weighted by Crippen LogP contribution is 2.24. The summed E-state index contributed by atoms with van der Waals surface area (Å²) in [6.45, 7) is 12.0. The molecule has 3 rings (SSSR count). The number of piperidine rings is 1. The molecule has 3 heterocycles. The molecular formula is C20H32N4O5. The third-order valence-electron chi connectivity index (χ3n) is 5.32. The van der Waals surface area contributed by atoms with Gasteiger partial charge in [0.15, 0.2) is 0 Å². The predicted molar refractivity (Wildman–Crippen MR) is 106 cm³/mol. The summed E-state index contributed by atoms with van der Waals surface area (Å²) in [4.78, 5) is 39.7. The predicted octanol–water partition coefficient (Wildman–Crippen LogP) is 0.953. The van der Waals surface area contributed by atoms with Gasteiger partial charge in [0.1, 0.15) is 18.6 Å². The van der Waals surface area contributed by atoms with Crippen molar-refractivity contribution < 1.29 is 23.9 Å². The first-order valence-electron chi connectivity index (χ1n) is 10.2. The van der Waals surface area contributed by atoms with Crippen molar-refractivity contribution in [2.45, 2.75) is 70.4 Å². The minimum atomic E-state index is -0.524. The van der Waals surface area contributed by atoms with Crippen LogP contribution < -0.4 is 10.6 Å². The highest BCUT2D eigenvalue weighted by molar-refractivity contribution is 6.00. The van der Waals surface area contributed by atoms with Gasteiger partial charge in [-0.15, -0.1) is 0 Å². The number of rotatable bonds is 3. The zero-order valence-corrected chi connectivity index (χ0v) is 17.5. The van der Waals surface area contributed by atoms with E-state index in [9.17, 15) is 14.4 Å². The maximum atomic E-state index is 12.2. The molecule has 29 heavy (non-hydrogen) atoms. The van der Waals surface area contributed by atoms with Crippen LogP contribution in [0.25, 0.3) is 0 Å². The molecule has 0 aromatic rings. The lowest BCUT2D eigenvalue weighted by molar-refractivity contribution is -0.141. The summed E-state index contributed by atoms with van der Waals surface area (Å²) in [5.41, 5.74) is 0.463. The molecule has 3 aliphatic heterocycles. The quantitative estimate of drug-likeness (QED) is 0.530. The lowest BCUT2D eigenvalue weighted by Crippen LogP contribution is -2.53. The van der Waals surface area contributed by atoms with E-state index in [0.717, 1.165) is 18.5 Å². The van der Waals surface area contributed by atoms with E-state index >= 15 is 0 Å². The van der Waals surface area contributed by atoms with Crippen molar-refractivity contribution in [1.29, 1.82) is 0 Å². The summed E-state index contributed by atoms with van der Waals surface area (Å²) in [6.07, 6.45) is 1.78. The van der Waals surface area contributed by atoms with Crippen LogP contribution in [0.5, 0.6) is 0 Å². The summed E-state index contributed by atoms with van der Waals surface area (Å²) >= 11 is 0. The fourth-order valence-corrected chi connectivity index (χ4v) is 3.99. The number of hydrogen-bond acceptors (Lipinski definition) is 7. The summed E-state index contributed by atoms with van der Waals surface area (Å²) in [5.74, 6) is -0.488. The van der Waals surface area contributed by atoms with Crippen molar-refractivity contribution in [1.82, 2.24) is 20.4 Å². The van der Waals surface area contributed by atoms with Gasteiger partial charge in [-0.25, -0.2) is 4.79 Å². The van der Waals surface area contributed by atoms with Crippen LogP contribution in [0.3, 0.4) is 0 Å². The highest BCUT2D eigenvalue weighted by atomic mass is 16.6. The van der Waals surface area contributed by atoms with E-state index in [1.807, 2.05) is 25.7 Å². The molecule has 3 fully saturated rings. The summed E-state index contributed by atoms with van der Waals surface area (Å²) in [6, 6.07) is -0.362. The first-order chi connectivity index (χ1) is 13.6. The van der Waals surface area contributed by atoms with Gasteiger partial charge >= 0.3 is 6.09 Å². The van der Waals surface area contributed by atoms with Crippen LogP contribution in [-0.2, 0) is 19.1 Å². The first kappa shape index (κ1) is 21.7. The normalized spacial score (nSPS) is 30.0. The maximum absolute atomic E-state index is 12.2. The number of nitrogens with zero attached hydrogens (tertiary/aromatic N) is 2. The second kappa shape index (κ2) is 8.81.